The zero-order valence-electron chi connectivity index (χ0n) is 17.5. The smallest absolute Gasteiger partial charge is 0.323 e. The first-order valence-electron chi connectivity index (χ1n) is 10.3. The molecule has 2 aromatic heterocycles. The number of Topliss-reactive ketones (excluding diaryl/α,β-unsaturated/α-hetero) is 1. The van der Waals surface area contributed by atoms with Crippen LogP contribution in [0.3, 0.4) is 0 Å². The zero-order valence-corrected chi connectivity index (χ0v) is 17.5. The van der Waals surface area contributed by atoms with Gasteiger partial charge < -0.3 is 20.5 Å². The number of ketones is 1. The van der Waals surface area contributed by atoms with Gasteiger partial charge in [-0.3, -0.25) is 9.36 Å². The fourth-order valence-electron chi connectivity index (χ4n) is 3.97. The Balaban J connectivity index is 1.50. The maximum absolute atomic E-state index is 13.0. The maximum atomic E-state index is 13.0. The predicted octanol–water partition coefficient (Wildman–Crippen LogP) is 3.49. The van der Waals surface area contributed by atoms with Gasteiger partial charge in [0.15, 0.2) is 5.78 Å². The maximum Gasteiger partial charge on any atom is 0.323 e. The molecule has 9 heteroatoms. The molecule has 1 fully saturated rings. The molecular weight excluding hydrogens is 398 g/mol. The quantitative estimate of drug-likeness (QED) is 0.650. The first-order chi connectivity index (χ1) is 14.8. The number of anilines is 1. The molecule has 3 amide bonds. The van der Waals surface area contributed by atoms with Crippen molar-refractivity contribution in [3.8, 4) is 0 Å². The summed E-state index contributed by atoms with van der Waals surface area (Å²) in [5, 5.41) is 7.52. The van der Waals surface area contributed by atoms with E-state index in [4.69, 9.17) is 10.3 Å². The molecule has 3 aromatic rings. The number of amides is 3. The molecule has 0 unspecified atom stereocenters. The number of primary amides is 1. The zero-order chi connectivity index (χ0) is 22.1. The molecule has 0 radical (unpaired) electrons. The van der Waals surface area contributed by atoms with E-state index < -0.39 is 12.1 Å². The van der Waals surface area contributed by atoms with Crippen molar-refractivity contribution in [3.63, 3.8) is 0 Å². The van der Waals surface area contributed by atoms with Crippen LogP contribution in [0, 0.1) is 0 Å². The van der Waals surface area contributed by atoms with E-state index in [-0.39, 0.29) is 24.2 Å². The van der Waals surface area contributed by atoms with Crippen molar-refractivity contribution in [2.24, 2.45) is 5.73 Å². The summed E-state index contributed by atoms with van der Waals surface area (Å²) in [6.07, 6.45) is 2.93. The van der Waals surface area contributed by atoms with Crippen molar-refractivity contribution >= 4 is 34.4 Å². The Morgan fingerprint density at radius 2 is 2.06 bits per heavy atom. The van der Waals surface area contributed by atoms with E-state index >= 15 is 0 Å². The number of rotatable bonds is 5. The lowest BCUT2D eigenvalue weighted by Crippen LogP contribution is -2.43. The third-order valence-electron chi connectivity index (χ3n) is 5.59. The number of hydrogen-bond donors (Lipinski definition) is 2. The fourth-order valence-corrected chi connectivity index (χ4v) is 3.97. The van der Waals surface area contributed by atoms with Crippen molar-refractivity contribution in [3.05, 3.63) is 48.0 Å². The van der Waals surface area contributed by atoms with Gasteiger partial charge in [-0.15, -0.1) is 0 Å². The number of benzene rings is 1. The van der Waals surface area contributed by atoms with Crippen LogP contribution in [0.2, 0.25) is 0 Å². The van der Waals surface area contributed by atoms with Gasteiger partial charge in [0, 0.05) is 24.2 Å². The molecule has 3 N–H and O–H groups in total. The lowest BCUT2D eigenvalue weighted by atomic mass is 10.0. The molecule has 1 aliphatic rings. The summed E-state index contributed by atoms with van der Waals surface area (Å²) in [6, 6.07) is 7.39. The number of likely N-dealkylation sites (tertiary alicyclic amines) is 1. The van der Waals surface area contributed by atoms with E-state index in [0.717, 1.165) is 12.1 Å². The van der Waals surface area contributed by atoms with E-state index in [1.54, 1.807) is 29.2 Å². The highest BCUT2D eigenvalue weighted by Gasteiger charge is 2.34. The Kier molecular flexibility index (Phi) is 5.50. The molecule has 0 aliphatic carbocycles. The van der Waals surface area contributed by atoms with Gasteiger partial charge in [0.25, 0.3) is 0 Å². The van der Waals surface area contributed by atoms with Gasteiger partial charge in [0.2, 0.25) is 0 Å². The third-order valence-corrected chi connectivity index (χ3v) is 5.59. The van der Waals surface area contributed by atoms with Gasteiger partial charge in [-0.05, 0) is 24.8 Å². The van der Waals surface area contributed by atoms with E-state index in [0.29, 0.717) is 35.3 Å². The number of carbonyl (C=O) groups excluding carboxylic acids is 3. The molecule has 162 valence electrons. The van der Waals surface area contributed by atoms with Gasteiger partial charge in [0.1, 0.15) is 5.76 Å². The Morgan fingerprint density at radius 1 is 1.29 bits per heavy atom. The molecule has 31 heavy (non-hydrogen) atoms. The Morgan fingerprint density at radius 3 is 2.77 bits per heavy atom. The number of nitrogens with one attached hydrogen (secondary N) is 1. The molecule has 0 bridgehead atoms. The summed E-state index contributed by atoms with van der Waals surface area (Å²) < 4.78 is 6.57. The molecule has 3 heterocycles. The van der Waals surface area contributed by atoms with Crippen LogP contribution in [0.4, 0.5) is 15.3 Å². The number of hydrogen-bond acceptors (Lipinski definition) is 5. The first kappa shape index (κ1) is 20.6. The first-order valence-corrected chi connectivity index (χ1v) is 10.3. The average molecular weight is 423 g/mol. The van der Waals surface area contributed by atoms with Crippen LogP contribution in [0.1, 0.15) is 44.1 Å². The van der Waals surface area contributed by atoms with E-state index in [9.17, 15) is 14.4 Å². The highest BCUT2D eigenvalue weighted by Crippen LogP contribution is 2.27. The number of nitrogens with two attached hydrogens (primary N) is 1. The van der Waals surface area contributed by atoms with Gasteiger partial charge in [-0.2, -0.15) is 0 Å². The van der Waals surface area contributed by atoms with E-state index in [1.807, 2.05) is 19.9 Å². The minimum atomic E-state index is -0.640. The normalized spacial score (nSPS) is 16.2. The second kappa shape index (κ2) is 8.25. The van der Waals surface area contributed by atoms with Crippen LogP contribution in [0.5, 0.6) is 0 Å². The van der Waals surface area contributed by atoms with Crippen LogP contribution in [0.15, 0.2) is 41.1 Å². The van der Waals surface area contributed by atoms with Crippen LogP contribution in [0.25, 0.3) is 10.9 Å². The molecule has 1 aliphatic heterocycles. The van der Waals surface area contributed by atoms with Gasteiger partial charge in [-0.1, -0.05) is 37.2 Å². The molecule has 9 nitrogen and oxygen atoms in total. The standard InChI is InChI=1S/C22H25N5O4/c1-13(2)16-10-14(31-25-16)11-20(28)19-8-5-9-26(19)22(30)24-17-12-27(21(23)29)18-7-4-3-6-15(17)18/h3-4,6-7,10,12-13,19H,5,8-9,11H2,1-2H3,(H2,23,29)(H,24,30)/t19-/m0/s1. The van der Waals surface area contributed by atoms with Crippen molar-refractivity contribution in [1.82, 2.24) is 14.6 Å². The van der Waals surface area contributed by atoms with Crippen molar-refractivity contribution in [2.45, 2.75) is 45.1 Å². The summed E-state index contributed by atoms with van der Waals surface area (Å²) in [6.45, 7) is 4.48. The minimum Gasteiger partial charge on any atom is -0.361 e. The second-order valence-corrected chi connectivity index (χ2v) is 8.07. The van der Waals surface area contributed by atoms with E-state index in [2.05, 4.69) is 10.5 Å². The lowest BCUT2D eigenvalue weighted by Gasteiger charge is -2.23. The fraction of sp³-hybridized carbons (Fsp3) is 0.364. The van der Waals surface area contributed by atoms with E-state index in [1.165, 1.54) is 10.8 Å². The van der Waals surface area contributed by atoms with Gasteiger partial charge in [-0.25, -0.2) is 9.59 Å². The number of aromatic nitrogens is 2. The topological polar surface area (TPSA) is 123 Å². The highest BCUT2D eigenvalue weighted by molar-refractivity contribution is 6.05. The third kappa shape index (κ3) is 4.03. The molecular formula is C22H25N5O4. The summed E-state index contributed by atoms with van der Waals surface area (Å²) in [5.74, 6) is 0.632. The monoisotopic (exact) mass is 423 g/mol. The number of urea groups is 1. The number of para-hydroxylation sites is 1. The van der Waals surface area contributed by atoms with Crippen LogP contribution < -0.4 is 11.1 Å². The summed E-state index contributed by atoms with van der Waals surface area (Å²) in [5.41, 5.74) is 7.31. The summed E-state index contributed by atoms with van der Waals surface area (Å²) >= 11 is 0. The second-order valence-electron chi connectivity index (χ2n) is 8.07. The Hall–Kier alpha value is -3.62. The number of nitrogens with zero attached hydrogens (tertiary/aromatic N) is 3. The lowest BCUT2D eigenvalue weighted by molar-refractivity contribution is -0.122. The summed E-state index contributed by atoms with van der Waals surface area (Å²) in [7, 11) is 0. The van der Waals surface area contributed by atoms with Crippen LogP contribution in [-0.4, -0.2) is 45.1 Å². The van der Waals surface area contributed by atoms with Gasteiger partial charge >= 0.3 is 12.1 Å². The Labute approximate surface area is 179 Å². The van der Waals surface area contributed by atoms with Gasteiger partial charge in [0.05, 0.1) is 29.4 Å². The molecule has 0 saturated carbocycles. The molecule has 4 rings (SSSR count). The molecule has 1 atom stereocenters. The van der Waals surface area contributed by atoms with Crippen molar-refractivity contribution < 1.29 is 18.9 Å². The predicted molar refractivity (Wildman–Crippen MR) is 115 cm³/mol. The largest absolute Gasteiger partial charge is 0.361 e. The average Bonchev–Trinajstić information content (AvgIpc) is 3.46. The van der Waals surface area contributed by atoms with Crippen LogP contribution in [-0.2, 0) is 11.2 Å². The Bertz CT molecular complexity index is 1150. The van der Waals surface area contributed by atoms with Crippen molar-refractivity contribution in [1.29, 1.82) is 0 Å². The van der Waals surface area contributed by atoms with Crippen LogP contribution >= 0.6 is 0 Å². The summed E-state index contributed by atoms with van der Waals surface area (Å²) in [4.78, 5) is 39.2. The SMILES string of the molecule is CC(C)c1cc(CC(=O)[C@@H]2CCCN2C(=O)Nc2cn(C(N)=O)c3ccccc23)on1. The molecule has 1 aromatic carbocycles. The molecule has 1 saturated heterocycles. The number of carbonyl (C=O) groups is 3. The molecule has 0 spiro atoms. The van der Waals surface area contributed by atoms with Crippen molar-refractivity contribution in [2.75, 3.05) is 11.9 Å². The number of fused-ring (bicyclic) bond motifs is 1. The highest BCUT2D eigenvalue weighted by atomic mass is 16.5. The minimum absolute atomic E-state index is 0.0846.